The molecule has 2 heterocycles. The molecule has 1 amide bonds. The predicted molar refractivity (Wildman–Crippen MR) is 124 cm³/mol. The van der Waals surface area contributed by atoms with E-state index in [0.717, 1.165) is 26.6 Å². The number of aromatic nitrogens is 2. The molecule has 0 atom stereocenters. The third kappa shape index (κ3) is 4.54. The first kappa shape index (κ1) is 22.4. The van der Waals surface area contributed by atoms with Crippen LogP contribution in [0.5, 0.6) is 5.75 Å². The summed E-state index contributed by atoms with van der Waals surface area (Å²) >= 11 is 2.85. The maximum absolute atomic E-state index is 13.1. The lowest BCUT2D eigenvalue weighted by Crippen LogP contribution is -2.29. The molecule has 0 fully saturated rings. The van der Waals surface area contributed by atoms with Gasteiger partial charge < -0.3 is 9.64 Å². The quantitative estimate of drug-likeness (QED) is 0.398. The average Bonchev–Trinajstić information content (AvgIpc) is 2.99. The van der Waals surface area contributed by atoms with Crippen LogP contribution in [0.25, 0.3) is 10.2 Å². The number of rotatable bonds is 7. The molecule has 0 radical (unpaired) electrons. The third-order valence-electron chi connectivity index (χ3n) is 5.02. The van der Waals surface area contributed by atoms with E-state index in [1.54, 1.807) is 23.6 Å². The first-order valence-electron chi connectivity index (χ1n) is 9.74. The van der Waals surface area contributed by atoms with Crippen LogP contribution in [-0.4, -0.2) is 40.3 Å². The lowest BCUT2D eigenvalue weighted by atomic mass is 10.2. The van der Waals surface area contributed by atoms with E-state index in [9.17, 15) is 9.59 Å². The number of thioether (sulfide) groups is 1. The lowest BCUT2D eigenvalue weighted by molar-refractivity contribution is -0.127. The van der Waals surface area contributed by atoms with Gasteiger partial charge in [-0.05, 0) is 51.0 Å². The Balaban J connectivity index is 1.79. The molecule has 1 aromatic carbocycles. The van der Waals surface area contributed by atoms with E-state index in [1.165, 1.54) is 23.1 Å². The molecule has 0 spiro atoms. The van der Waals surface area contributed by atoms with Gasteiger partial charge in [-0.15, -0.1) is 11.3 Å². The number of hydrogen-bond acceptors (Lipinski definition) is 6. The fourth-order valence-corrected chi connectivity index (χ4v) is 5.35. The van der Waals surface area contributed by atoms with Crippen molar-refractivity contribution in [3.8, 4) is 5.75 Å². The summed E-state index contributed by atoms with van der Waals surface area (Å²) in [7, 11) is 3.40. The Bertz CT molecular complexity index is 1130. The molecule has 0 aliphatic heterocycles. The molecular weight excluding hydrogens is 418 g/mol. The van der Waals surface area contributed by atoms with Gasteiger partial charge in [-0.1, -0.05) is 23.9 Å². The molecular formula is C22H27N3O3S2. The van der Waals surface area contributed by atoms with Crippen molar-refractivity contribution < 1.29 is 9.53 Å². The number of nitrogens with zero attached hydrogens (tertiary/aromatic N) is 3. The van der Waals surface area contributed by atoms with Crippen molar-refractivity contribution in [1.82, 2.24) is 14.5 Å². The minimum atomic E-state index is -0.0406. The first-order chi connectivity index (χ1) is 14.2. The number of hydrogen-bond donors (Lipinski definition) is 0. The first-order valence-corrected chi connectivity index (χ1v) is 11.5. The van der Waals surface area contributed by atoms with Gasteiger partial charge in [-0.25, -0.2) is 4.98 Å². The molecule has 8 heteroatoms. The zero-order chi connectivity index (χ0) is 22.0. The fraction of sp³-hybridized carbons (Fsp3) is 0.409. The van der Waals surface area contributed by atoms with Crippen LogP contribution < -0.4 is 10.3 Å². The third-order valence-corrected chi connectivity index (χ3v) is 7.06. The summed E-state index contributed by atoms with van der Waals surface area (Å²) in [6, 6.07) is 7.63. The number of methoxy groups -OCH3 is 1. The highest BCUT2D eigenvalue weighted by Gasteiger charge is 2.20. The Morgan fingerprint density at radius 2 is 2.07 bits per heavy atom. The predicted octanol–water partition coefficient (Wildman–Crippen LogP) is 4.42. The van der Waals surface area contributed by atoms with Crippen LogP contribution in [0.4, 0.5) is 0 Å². The van der Waals surface area contributed by atoms with E-state index >= 15 is 0 Å². The molecule has 0 aliphatic rings. The van der Waals surface area contributed by atoms with Crippen LogP contribution in [0.15, 0.2) is 34.2 Å². The van der Waals surface area contributed by atoms with Crippen LogP contribution in [0.3, 0.4) is 0 Å². The molecule has 160 valence electrons. The Morgan fingerprint density at radius 1 is 1.33 bits per heavy atom. The Labute approximate surface area is 184 Å². The second-order valence-electron chi connectivity index (χ2n) is 7.52. The smallest absolute Gasteiger partial charge is 0.263 e. The molecule has 0 N–H and O–H groups in total. The normalized spacial score (nSPS) is 11.3. The SMILES string of the molecule is COc1cccc(CN(C)C(=O)CSc2nc3sc(C)c(C)c3c(=O)n2C(C)C)c1. The van der Waals surface area contributed by atoms with Crippen molar-refractivity contribution in [2.75, 3.05) is 19.9 Å². The second kappa shape index (κ2) is 9.22. The van der Waals surface area contributed by atoms with E-state index < -0.39 is 0 Å². The molecule has 0 unspecified atom stereocenters. The van der Waals surface area contributed by atoms with Crippen molar-refractivity contribution in [3.05, 3.63) is 50.6 Å². The Morgan fingerprint density at radius 3 is 2.73 bits per heavy atom. The van der Waals surface area contributed by atoms with Gasteiger partial charge >= 0.3 is 0 Å². The summed E-state index contributed by atoms with van der Waals surface area (Å²) in [6.07, 6.45) is 0. The summed E-state index contributed by atoms with van der Waals surface area (Å²) in [6.45, 7) is 8.38. The molecule has 0 aliphatic carbocycles. The maximum atomic E-state index is 13.1. The van der Waals surface area contributed by atoms with Crippen LogP contribution in [0, 0.1) is 13.8 Å². The molecule has 0 saturated carbocycles. The zero-order valence-electron chi connectivity index (χ0n) is 18.2. The number of ether oxygens (including phenoxy) is 1. The number of fused-ring (bicyclic) bond motifs is 1. The van der Waals surface area contributed by atoms with Crippen LogP contribution in [0.2, 0.25) is 0 Å². The van der Waals surface area contributed by atoms with Crippen molar-refractivity contribution in [1.29, 1.82) is 0 Å². The fourth-order valence-electron chi connectivity index (χ4n) is 3.21. The van der Waals surface area contributed by atoms with Gasteiger partial charge in [0.05, 0.1) is 18.2 Å². The van der Waals surface area contributed by atoms with Crippen LogP contribution in [-0.2, 0) is 11.3 Å². The summed E-state index contributed by atoms with van der Waals surface area (Å²) in [5.41, 5.74) is 1.96. The number of thiophene rings is 1. The number of benzene rings is 1. The topological polar surface area (TPSA) is 64.4 Å². The van der Waals surface area contributed by atoms with Crippen molar-refractivity contribution in [3.63, 3.8) is 0 Å². The van der Waals surface area contributed by atoms with Gasteiger partial charge in [0.15, 0.2) is 5.16 Å². The van der Waals surface area contributed by atoms with Crippen molar-refractivity contribution in [2.45, 2.75) is 45.4 Å². The monoisotopic (exact) mass is 445 g/mol. The number of aryl methyl sites for hydroxylation is 2. The number of carbonyl (C=O) groups is 1. The van der Waals surface area contributed by atoms with Crippen LogP contribution >= 0.6 is 23.1 Å². The highest BCUT2D eigenvalue weighted by atomic mass is 32.2. The zero-order valence-corrected chi connectivity index (χ0v) is 19.8. The van der Waals surface area contributed by atoms with E-state index in [0.29, 0.717) is 17.1 Å². The van der Waals surface area contributed by atoms with E-state index in [2.05, 4.69) is 0 Å². The van der Waals surface area contributed by atoms with E-state index in [4.69, 9.17) is 9.72 Å². The Kier molecular flexibility index (Phi) is 6.88. The molecule has 30 heavy (non-hydrogen) atoms. The summed E-state index contributed by atoms with van der Waals surface area (Å²) < 4.78 is 6.94. The lowest BCUT2D eigenvalue weighted by Gasteiger charge is -2.19. The molecule has 3 aromatic rings. The van der Waals surface area contributed by atoms with Gasteiger partial charge in [-0.2, -0.15) is 0 Å². The molecule has 3 rings (SSSR count). The maximum Gasteiger partial charge on any atom is 0.263 e. The number of amides is 1. The highest BCUT2D eigenvalue weighted by Crippen LogP contribution is 2.29. The number of carbonyl (C=O) groups excluding carboxylic acids is 1. The molecule has 6 nitrogen and oxygen atoms in total. The van der Waals surface area contributed by atoms with E-state index in [1.807, 2.05) is 52.0 Å². The standard InChI is InChI=1S/C22H27N3O3S2/c1-13(2)25-21(27)19-14(3)15(4)30-20(19)23-22(25)29-12-18(26)24(5)11-16-8-7-9-17(10-16)28-6/h7-10,13H,11-12H2,1-6H3. The van der Waals surface area contributed by atoms with E-state index in [-0.39, 0.29) is 23.3 Å². The largest absolute Gasteiger partial charge is 0.497 e. The van der Waals surface area contributed by atoms with Gasteiger partial charge in [0.1, 0.15) is 10.6 Å². The van der Waals surface area contributed by atoms with Gasteiger partial charge in [0.25, 0.3) is 5.56 Å². The minimum absolute atomic E-state index is 0.0222. The molecule has 2 aromatic heterocycles. The second-order valence-corrected chi connectivity index (χ2v) is 9.66. The van der Waals surface area contributed by atoms with Crippen LogP contribution in [0.1, 0.15) is 35.9 Å². The van der Waals surface area contributed by atoms with Crippen molar-refractivity contribution in [2.24, 2.45) is 0 Å². The summed E-state index contributed by atoms with van der Waals surface area (Å²) in [5.74, 6) is 0.961. The van der Waals surface area contributed by atoms with Gasteiger partial charge in [0, 0.05) is 24.5 Å². The van der Waals surface area contributed by atoms with Gasteiger partial charge in [-0.3, -0.25) is 14.2 Å². The summed E-state index contributed by atoms with van der Waals surface area (Å²) in [5, 5.41) is 1.28. The molecule has 0 saturated heterocycles. The highest BCUT2D eigenvalue weighted by molar-refractivity contribution is 7.99. The minimum Gasteiger partial charge on any atom is -0.497 e. The summed E-state index contributed by atoms with van der Waals surface area (Å²) in [4.78, 5) is 34.1. The van der Waals surface area contributed by atoms with Crippen molar-refractivity contribution >= 4 is 39.2 Å². The van der Waals surface area contributed by atoms with Gasteiger partial charge in [0.2, 0.25) is 5.91 Å². The Hall–Kier alpha value is -2.32. The molecule has 0 bridgehead atoms. The average molecular weight is 446 g/mol.